The molecule has 1 heterocycles. The van der Waals surface area contributed by atoms with E-state index in [4.69, 9.17) is 23.7 Å². The molecule has 1 aliphatic rings. The number of rotatable bonds is 9. The van der Waals surface area contributed by atoms with Crippen molar-refractivity contribution in [3.8, 4) is 5.75 Å². The van der Waals surface area contributed by atoms with Crippen molar-refractivity contribution in [2.45, 2.75) is 65.6 Å². The maximum atomic E-state index is 11.8. The van der Waals surface area contributed by atoms with E-state index in [0.29, 0.717) is 19.6 Å². The summed E-state index contributed by atoms with van der Waals surface area (Å²) >= 11 is 0. The fourth-order valence-corrected chi connectivity index (χ4v) is 2.79. The van der Waals surface area contributed by atoms with Crippen molar-refractivity contribution in [1.29, 1.82) is 0 Å². The maximum Gasteiger partial charge on any atom is 0.311 e. The normalized spacial score (nSPS) is 20.0. The number of ether oxygens (including phenoxy) is 5. The first-order valence-corrected chi connectivity index (χ1v) is 9.99. The van der Waals surface area contributed by atoms with Gasteiger partial charge in [-0.1, -0.05) is 24.3 Å². The van der Waals surface area contributed by atoms with Gasteiger partial charge in [0, 0.05) is 0 Å². The Hall–Kier alpha value is -1.89. The lowest BCUT2D eigenvalue weighted by Gasteiger charge is -2.24. The lowest BCUT2D eigenvalue weighted by Crippen LogP contribution is -2.32. The van der Waals surface area contributed by atoms with Crippen LogP contribution >= 0.6 is 0 Å². The van der Waals surface area contributed by atoms with Crippen LogP contribution in [0, 0.1) is 5.41 Å². The van der Waals surface area contributed by atoms with E-state index in [1.54, 1.807) is 7.11 Å². The molecule has 1 aromatic carbocycles. The predicted molar refractivity (Wildman–Crippen MR) is 111 cm³/mol. The quantitative estimate of drug-likeness (QED) is 0.451. The standard InChI is InChI=1S/C23H34O6/c1-22(2,3)21(24)26-14-8-7-9-19(20-16-28-23(4,5)29-20)27-15-17-10-12-18(25-6)13-11-17/h7-8,10-13,19-20H,9,14-16H2,1-6H3/b8-7+/t19-,20+/m0/s1. The van der Waals surface area contributed by atoms with E-state index in [9.17, 15) is 4.79 Å². The van der Waals surface area contributed by atoms with Crippen LogP contribution < -0.4 is 4.74 Å². The molecular weight excluding hydrogens is 372 g/mol. The molecule has 6 heteroatoms. The SMILES string of the molecule is COc1ccc(CO[C@@H](C/C=C/COC(=O)C(C)(C)C)[C@H]2COC(C)(C)O2)cc1. The molecule has 0 N–H and O–H groups in total. The third-order valence-electron chi connectivity index (χ3n) is 4.53. The van der Waals surface area contributed by atoms with Crippen LogP contribution in [0.1, 0.15) is 46.6 Å². The molecule has 1 aliphatic heterocycles. The highest BCUT2D eigenvalue weighted by Crippen LogP contribution is 2.27. The molecule has 6 nitrogen and oxygen atoms in total. The highest BCUT2D eigenvalue weighted by molar-refractivity contribution is 5.75. The Kier molecular flexibility index (Phi) is 8.25. The molecule has 2 atom stereocenters. The Balaban J connectivity index is 1.90. The number of esters is 1. The maximum absolute atomic E-state index is 11.8. The molecule has 0 bridgehead atoms. The molecule has 0 saturated carbocycles. The van der Waals surface area contributed by atoms with Crippen molar-refractivity contribution in [1.82, 2.24) is 0 Å². The third kappa shape index (κ3) is 7.80. The Morgan fingerprint density at radius 2 is 1.93 bits per heavy atom. The van der Waals surface area contributed by atoms with E-state index in [1.807, 2.05) is 71.0 Å². The van der Waals surface area contributed by atoms with Crippen LogP contribution in [0.2, 0.25) is 0 Å². The summed E-state index contributed by atoms with van der Waals surface area (Å²) < 4.78 is 28.3. The topological polar surface area (TPSA) is 63.2 Å². The van der Waals surface area contributed by atoms with Crippen LogP contribution in [-0.2, 0) is 30.3 Å². The van der Waals surface area contributed by atoms with Gasteiger partial charge in [0.25, 0.3) is 0 Å². The second kappa shape index (κ2) is 10.2. The average molecular weight is 407 g/mol. The monoisotopic (exact) mass is 406 g/mol. The molecule has 0 radical (unpaired) electrons. The molecule has 0 aromatic heterocycles. The third-order valence-corrected chi connectivity index (χ3v) is 4.53. The molecule has 1 fully saturated rings. The minimum Gasteiger partial charge on any atom is -0.497 e. The summed E-state index contributed by atoms with van der Waals surface area (Å²) in [7, 11) is 1.64. The van der Waals surface area contributed by atoms with Gasteiger partial charge in [0.2, 0.25) is 0 Å². The minimum atomic E-state index is -0.613. The van der Waals surface area contributed by atoms with Crippen molar-refractivity contribution in [2.75, 3.05) is 20.3 Å². The zero-order valence-electron chi connectivity index (χ0n) is 18.4. The molecule has 0 spiro atoms. The van der Waals surface area contributed by atoms with Gasteiger partial charge in [-0.2, -0.15) is 0 Å². The summed E-state index contributed by atoms with van der Waals surface area (Å²) in [4.78, 5) is 11.8. The lowest BCUT2D eigenvalue weighted by atomic mass is 9.97. The van der Waals surface area contributed by atoms with E-state index in [1.165, 1.54) is 0 Å². The summed E-state index contributed by atoms with van der Waals surface area (Å²) in [6.45, 7) is 10.5. The van der Waals surface area contributed by atoms with E-state index in [2.05, 4.69) is 0 Å². The average Bonchev–Trinajstić information content (AvgIpc) is 3.03. The number of carbonyl (C=O) groups is 1. The van der Waals surface area contributed by atoms with Crippen molar-refractivity contribution in [3.63, 3.8) is 0 Å². The highest BCUT2D eigenvalue weighted by Gasteiger charge is 2.37. The minimum absolute atomic E-state index is 0.162. The van der Waals surface area contributed by atoms with Crippen LogP contribution in [-0.4, -0.2) is 44.3 Å². The summed E-state index contributed by atoms with van der Waals surface area (Å²) in [5.41, 5.74) is 0.551. The van der Waals surface area contributed by atoms with Crippen LogP contribution in [0.4, 0.5) is 0 Å². The van der Waals surface area contributed by atoms with Crippen LogP contribution in [0.3, 0.4) is 0 Å². The first-order chi connectivity index (χ1) is 13.6. The first-order valence-electron chi connectivity index (χ1n) is 9.99. The zero-order valence-corrected chi connectivity index (χ0v) is 18.4. The van der Waals surface area contributed by atoms with E-state index in [0.717, 1.165) is 11.3 Å². The van der Waals surface area contributed by atoms with E-state index >= 15 is 0 Å². The molecule has 1 saturated heterocycles. The lowest BCUT2D eigenvalue weighted by molar-refractivity contribution is -0.157. The number of benzene rings is 1. The van der Waals surface area contributed by atoms with Gasteiger partial charge in [-0.05, 0) is 58.7 Å². The Labute approximate surface area is 174 Å². The molecule has 1 aromatic rings. The molecule has 2 rings (SSSR count). The molecule has 29 heavy (non-hydrogen) atoms. The second-order valence-corrected chi connectivity index (χ2v) is 8.62. The van der Waals surface area contributed by atoms with Crippen molar-refractivity contribution >= 4 is 5.97 Å². The highest BCUT2D eigenvalue weighted by atomic mass is 16.7. The predicted octanol–water partition coefficient (Wildman–Crippen LogP) is 4.27. The fraction of sp³-hybridized carbons (Fsp3) is 0.609. The second-order valence-electron chi connectivity index (χ2n) is 8.62. The van der Waals surface area contributed by atoms with Gasteiger partial charge in [0.05, 0.1) is 31.8 Å². The summed E-state index contributed by atoms with van der Waals surface area (Å²) in [5.74, 6) is -0.0192. The van der Waals surface area contributed by atoms with Crippen LogP contribution in [0.15, 0.2) is 36.4 Å². The summed E-state index contributed by atoms with van der Waals surface area (Å²) in [6, 6.07) is 7.78. The number of hydrogen-bond donors (Lipinski definition) is 0. The number of hydrogen-bond acceptors (Lipinski definition) is 6. The van der Waals surface area contributed by atoms with Gasteiger partial charge in [-0.15, -0.1) is 0 Å². The molecule has 0 aliphatic carbocycles. The van der Waals surface area contributed by atoms with E-state index < -0.39 is 11.2 Å². The Bertz CT molecular complexity index is 672. The number of carbonyl (C=O) groups excluding carboxylic acids is 1. The van der Waals surface area contributed by atoms with Crippen LogP contribution in [0.25, 0.3) is 0 Å². The first kappa shape index (κ1) is 23.4. The number of methoxy groups -OCH3 is 1. The fourth-order valence-electron chi connectivity index (χ4n) is 2.79. The van der Waals surface area contributed by atoms with Gasteiger partial charge in [0.1, 0.15) is 18.5 Å². The molecule has 0 unspecified atom stereocenters. The zero-order chi connectivity index (χ0) is 21.5. The van der Waals surface area contributed by atoms with Gasteiger partial charge in [-0.25, -0.2) is 0 Å². The van der Waals surface area contributed by atoms with Gasteiger partial charge in [-0.3, -0.25) is 4.79 Å². The molecule has 0 amide bonds. The van der Waals surface area contributed by atoms with Gasteiger partial charge < -0.3 is 23.7 Å². The summed E-state index contributed by atoms with van der Waals surface area (Å²) in [5, 5.41) is 0. The molecule has 162 valence electrons. The largest absolute Gasteiger partial charge is 0.497 e. The molecular formula is C23H34O6. The Morgan fingerprint density at radius 1 is 1.24 bits per heavy atom. The van der Waals surface area contributed by atoms with Crippen LogP contribution in [0.5, 0.6) is 5.75 Å². The van der Waals surface area contributed by atoms with Gasteiger partial charge in [0.15, 0.2) is 5.79 Å². The smallest absolute Gasteiger partial charge is 0.311 e. The van der Waals surface area contributed by atoms with Crippen molar-refractivity contribution < 1.29 is 28.5 Å². The summed E-state index contributed by atoms with van der Waals surface area (Å²) in [6.07, 6.45) is 4.10. The van der Waals surface area contributed by atoms with Gasteiger partial charge >= 0.3 is 5.97 Å². The van der Waals surface area contributed by atoms with E-state index in [-0.39, 0.29) is 24.8 Å². The Morgan fingerprint density at radius 3 is 2.48 bits per heavy atom. The van der Waals surface area contributed by atoms with Crippen molar-refractivity contribution in [3.05, 3.63) is 42.0 Å². The van der Waals surface area contributed by atoms with Crippen molar-refractivity contribution in [2.24, 2.45) is 5.41 Å².